The summed E-state index contributed by atoms with van der Waals surface area (Å²) in [4.78, 5) is 28.5. The molecule has 6 rings (SSSR count). The number of carbonyl (C=O) groups is 1. The smallest absolute Gasteiger partial charge is 0.289 e. The van der Waals surface area contributed by atoms with Crippen LogP contribution >= 0.6 is 11.3 Å². The normalized spacial score (nSPS) is 17.9. The van der Waals surface area contributed by atoms with Gasteiger partial charge in [0, 0.05) is 74.0 Å². The minimum Gasteiger partial charge on any atom is -0.433 e. The van der Waals surface area contributed by atoms with E-state index in [0.29, 0.717) is 17.5 Å². The Morgan fingerprint density at radius 1 is 1.06 bits per heavy atom. The molecule has 1 amide bonds. The number of carbonyl (C=O) groups excluding carboxylic acids is 1. The first-order chi connectivity index (χ1) is 16.6. The van der Waals surface area contributed by atoms with Crippen LogP contribution in [-0.4, -0.2) is 75.9 Å². The van der Waals surface area contributed by atoms with Crippen molar-refractivity contribution >= 4 is 28.3 Å². The summed E-state index contributed by atoms with van der Waals surface area (Å²) >= 11 is 1.70. The third-order valence-corrected chi connectivity index (χ3v) is 7.44. The van der Waals surface area contributed by atoms with E-state index in [0.717, 1.165) is 62.3 Å². The van der Waals surface area contributed by atoms with Gasteiger partial charge in [-0.15, -0.1) is 11.3 Å². The highest BCUT2D eigenvalue weighted by atomic mass is 32.1. The van der Waals surface area contributed by atoms with E-state index in [9.17, 15) is 9.18 Å². The fourth-order valence-electron chi connectivity index (χ4n) is 4.66. The zero-order valence-corrected chi connectivity index (χ0v) is 19.4. The van der Waals surface area contributed by atoms with Gasteiger partial charge in [0.25, 0.3) is 5.91 Å². The lowest BCUT2D eigenvalue weighted by Crippen LogP contribution is -2.64. The van der Waals surface area contributed by atoms with Gasteiger partial charge in [-0.25, -0.2) is 14.4 Å². The van der Waals surface area contributed by atoms with E-state index >= 15 is 0 Å². The highest BCUT2D eigenvalue weighted by molar-refractivity contribution is 7.09. The largest absolute Gasteiger partial charge is 0.433 e. The molecule has 9 heteroatoms. The maximum absolute atomic E-state index is 13.2. The monoisotopic (exact) mass is 477 g/mol. The second kappa shape index (κ2) is 8.90. The van der Waals surface area contributed by atoms with Crippen LogP contribution in [0.15, 0.2) is 58.6 Å². The molecule has 0 atom stereocenters. The molecule has 0 N–H and O–H groups in total. The lowest BCUT2D eigenvalue weighted by Gasteiger charge is -2.47. The Labute approximate surface area is 200 Å². The number of thiazole rings is 1. The molecule has 0 bridgehead atoms. The molecule has 0 saturated carbocycles. The van der Waals surface area contributed by atoms with Gasteiger partial charge in [-0.1, -0.05) is 12.1 Å². The third-order valence-electron chi connectivity index (χ3n) is 6.68. The van der Waals surface area contributed by atoms with Crippen molar-refractivity contribution in [3.05, 3.63) is 70.8 Å². The van der Waals surface area contributed by atoms with Crippen LogP contribution in [-0.2, 0) is 6.54 Å². The van der Waals surface area contributed by atoms with Crippen LogP contribution in [0.5, 0.6) is 0 Å². The van der Waals surface area contributed by atoms with Crippen LogP contribution in [0.25, 0.3) is 22.2 Å². The Hall–Kier alpha value is -3.14. The fraction of sp³-hybridized carbons (Fsp3) is 0.320. The van der Waals surface area contributed by atoms with Crippen LogP contribution in [0.4, 0.5) is 4.39 Å². The van der Waals surface area contributed by atoms with Gasteiger partial charge < -0.3 is 9.32 Å². The third kappa shape index (κ3) is 4.22. The van der Waals surface area contributed by atoms with Crippen LogP contribution in [0.3, 0.4) is 0 Å². The average Bonchev–Trinajstić information content (AvgIpc) is 3.49. The molecule has 0 unspecified atom stereocenters. The van der Waals surface area contributed by atoms with E-state index < -0.39 is 0 Å². The highest BCUT2D eigenvalue weighted by Crippen LogP contribution is 2.27. The van der Waals surface area contributed by atoms with Gasteiger partial charge >= 0.3 is 0 Å². The second-order valence-electron chi connectivity index (χ2n) is 8.84. The molecule has 7 nitrogen and oxygen atoms in total. The number of hydrogen-bond acceptors (Lipinski definition) is 7. The first-order valence-electron chi connectivity index (χ1n) is 11.4. The van der Waals surface area contributed by atoms with Crippen LogP contribution in [0.2, 0.25) is 0 Å². The van der Waals surface area contributed by atoms with E-state index in [1.165, 1.54) is 17.1 Å². The summed E-state index contributed by atoms with van der Waals surface area (Å²) in [7, 11) is 0. The van der Waals surface area contributed by atoms with Crippen molar-refractivity contribution in [3.8, 4) is 11.1 Å². The molecule has 3 aromatic heterocycles. The number of benzene rings is 1. The standard InChI is InChI=1S/C25H24FN5O2S/c26-20-3-1-17(2-4-20)19-11-18-12-22(33-24(18)28-13-19)25(32)31-14-21(15-31)30-8-6-29(7-9-30)16-23-27-5-10-34-23/h1-5,10-13,21H,6-9,14-16H2. The number of aromatic nitrogens is 2. The Kier molecular flexibility index (Phi) is 5.60. The molecule has 2 aliphatic rings. The van der Waals surface area contributed by atoms with Crippen molar-refractivity contribution in [1.82, 2.24) is 24.7 Å². The van der Waals surface area contributed by atoms with Crippen molar-refractivity contribution in [2.24, 2.45) is 0 Å². The number of nitrogens with zero attached hydrogens (tertiary/aromatic N) is 5. The Morgan fingerprint density at radius 2 is 1.85 bits per heavy atom. The summed E-state index contributed by atoms with van der Waals surface area (Å²) in [5.41, 5.74) is 2.15. The first kappa shape index (κ1) is 21.4. The predicted molar refractivity (Wildman–Crippen MR) is 128 cm³/mol. The second-order valence-corrected chi connectivity index (χ2v) is 9.82. The molecule has 0 radical (unpaired) electrons. The van der Waals surface area contributed by atoms with Crippen molar-refractivity contribution in [3.63, 3.8) is 0 Å². The minimum absolute atomic E-state index is 0.0972. The number of fused-ring (bicyclic) bond motifs is 1. The topological polar surface area (TPSA) is 65.7 Å². The molecule has 34 heavy (non-hydrogen) atoms. The molecule has 174 valence electrons. The number of amides is 1. The van der Waals surface area contributed by atoms with Crippen LogP contribution < -0.4 is 0 Å². The van der Waals surface area contributed by atoms with Crippen molar-refractivity contribution in [1.29, 1.82) is 0 Å². The number of likely N-dealkylation sites (tertiary alicyclic amines) is 1. The zero-order valence-electron chi connectivity index (χ0n) is 18.6. The number of pyridine rings is 1. The molecule has 2 saturated heterocycles. The fourth-order valence-corrected chi connectivity index (χ4v) is 5.31. The summed E-state index contributed by atoms with van der Waals surface area (Å²) in [6, 6.07) is 10.3. The number of hydrogen-bond donors (Lipinski definition) is 0. The number of furan rings is 1. The van der Waals surface area contributed by atoms with Gasteiger partial charge in [-0.3, -0.25) is 14.6 Å². The summed E-state index contributed by atoms with van der Waals surface area (Å²) < 4.78 is 19.0. The quantitative estimate of drug-likeness (QED) is 0.436. The van der Waals surface area contributed by atoms with Gasteiger partial charge in [0.05, 0.1) is 6.54 Å². The van der Waals surface area contributed by atoms with Crippen LogP contribution in [0.1, 0.15) is 15.6 Å². The summed E-state index contributed by atoms with van der Waals surface area (Å²) in [6.45, 7) is 6.43. The van der Waals surface area contributed by atoms with E-state index in [1.54, 1.807) is 35.7 Å². The molecule has 0 aliphatic carbocycles. The van der Waals surface area contributed by atoms with Gasteiger partial charge in [0.2, 0.25) is 5.71 Å². The molecule has 5 heterocycles. The number of piperazine rings is 1. The molecule has 4 aromatic rings. The number of halogens is 1. The van der Waals surface area contributed by atoms with Gasteiger partial charge in [-0.2, -0.15) is 0 Å². The highest BCUT2D eigenvalue weighted by Gasteiger charge is 2.37. The SMILES string of the molecule is O=C(c1cc2cc(-c3ccc(F)cc3)cnc2o1)N1CC(N2CCN(Cc3nccs3)CC2)C1. The van der Waals surface area contributed by atoms with Crippen molar-refractivity contribution in [2.45, 2.75) is 12.6 Å². The van der Waals surface area contributed by atoms with Gasteiger partial charge in [0.15, 0.2) is 5.76 Å². The molecule has 2 fully saturated rings. The van der Waals surface area contributed by atoms with Gasteiger partial charge in [-0.05, 0) is 29.8 Å². The van der Waals surface area contributed by atoms with E-state index in [1.807, 2.05) is 22.5 Å². The average molecular weight is 478 g/mol. The molecule has 1 aromatic carbocycles. The zero-order chi connectivity index (χ0) is 23.1. The summed E-state index contributed by atoms with van der Waals surface area (Å²) in [5.74, 6) is -0.0650. The molecule has 0 spiro atoms. The first-order valence-corrected chi connectivity index (χ1v) is 12.3. The molecular formula is C25H24FN5O2S. The van der Waals surface area contributed by atoms with Crippen molar-refractivity contribution in [2.75, 3.05) is 39.3 Å². The van der Waals surface area contributed by atoms with E-state index in [2.05, 4.69) is 19.8 Å². The van der Waals surface area contributed by atoms with Crippen LogP contribution in [0, 0.1) is 5.82 Å². The van der Waals surface area contributed by atoms with Gasteiger partial charge in [0.1, 0.15) is 10.8 Å². The van der Waals surface area contributed by atoms with Crippen molar-refractivity contribution < 1.29 is 13.6 Å². The maximum Gasteiger partial charge on any atom is 0.289 e. The molecular weight excluding hydrogens is 453 g/mol. The Balaban J connectivity index is 1.05. The Morgan fingerprint density at radius 3 is 2.59 bits per heavy atom. The van der Waals surface area contributed by atoms with E-state index in [4.69, 9.17) is 4.42 Å². The minimum atomic E-state index is -0.278. The van der Waals surface area contributed by atoms with E-state index in [-0.39, 0.29) is 11.7 Å². The lowest BCUT2D eigenvalue weighted by atomic mass is 10.1. The maximum atomic E-state index is 13.2. The molecule has 2 aliphatic heterocycles. The summed E-state index contributed by atoms with van der Waals surface area (Å²) in [5, 5.41) is 3.95. The predicted octanol–water partition coefficient (Wildman–Crippen LogP) is 3.73. The number of rotatable bonds is 5. The lowest BCUT2D eigenvalue weighted by molar-refractivity contribution is 0.00497. The summed E-state index contributed by atoms with van der Waals surface area (Å²) in [6.07, 6.45) is 3.54. The Bertz CT molecular complexity index is 1290.